The zero-order valence-corrected chi connectivity index (χ0v) is 8.04. The van der Waals surface area contributed by atoms with Crippen LogP contribution in [0.5, 0.6) is 0 Å². The molecule has 2 rings (SSSR count). The van der Waals surface area contributed by atoms with Gasteiger partial charge in [-0.15, -0.1) is 11.8 Å². The molecule has 12 heavy (non-hydrogen) atoms. The Hall–Kier alpha value is -0.300. The second-order valence-corrected chi connectivity index (χ2v) is 5.37. The van der Waals surface area contributed by atoms with Crippen molar-refractivity contribution in [1.82, 2.24) is 10.7 Å². The van der Waals surface area contributed by atoms with E-state index in [9.17, 15) is 0 Å². The van der Waals surface area contributed by atoms with Gasteiger partial charge in [0.25, 0.3) is 0 Å². The minimum Gasteiger partial charge on any atom is -0.303 e. The minimum absolute atomic E-state index is 0.0386. The van der Waals surface area contributed by atoms with Crippen molar-refractivity contribution in [2.75, 3.05) is 12.3 Å². The lowest BCUT2D eigenvalue weighted by Gasteiger charge is -2.05. The van der Waals surface area contributed by atoms with Crippen molar-refractivity contribution >= 4 is 31.7 Å². The Morgan fingerprint density at radius 2 is 2.67 bits per heavy atom. The Balaban J connectivity index is 2.27. The van der Waals surface area contributed by atoms with Crippen LogP contribution in [0.15, 0.2) is 16.6 Å². The summed E-state index contributed by atoms with van der Waals surface area (Å²) in [5, 5.41) is 6.25. The fourth-order valence-electron chi connectivity index (χ4n) is 1.02. The van der Waals surface area contributed by atoms with E-state index in [1.54, 1.807) is 6.20 Å². The summed E-state index contributed by atoms with van der Waals surface area (Å²) in [5.74, 6) is 6.47. The molecule has 0 aromatic rings. The van der Waals surface area contributed by atoms with Crippen LogP contribution in [-0.2, 0) is 0 Å². The van der Waals surface area contributed by atoms with Gasteiger partial charge < -0.3 is 5.43 Å². The zero-order chi connectivity index (χ0) is 8.39. The molecule has 0 aliphatic carbocycles. The van der Waals surface area contributed by atoms with Gasteiger partial charge >= 0.3 is 0 Å². The number of nitrogens with one attached hydrogen (secondary N) is 2. The first kappa shape index (κ1) is 8.31. The summed E-state index contributed by atoms with van der Waals surface area (Å²) in [6, 6.07) is 0. The maximum atomic E-state index is 5.33. The maximum absolute atomic E-state index is 5.33. The first-order valence-electron chi connectivity index (χ1n) is 3.59. The molecule has 0 radical (unpaired) electrons. The summed E-state index contributed by atoms with van der Waals surface area (Å²) < 4.78 is 1.28. The van der Waals surface area contributed by atoms with E-state index in [4.69, 9.17) is 5.84 Å². The maximum Gasteiger partial charge on any atom is 0.175 e. The highest BCUT2D eigenvalue weighted by Gasteiger charge is 2.15. The normalized spacial score (nSPS) is 30.9. The van der Waals surface area contributed by atoms with Crippen LogP contribution in [0.4, 0.5) is 0 Å². The Morgan fingerprint density at radius 1 is 1.75 bits per heavy atom. The molecule has 0 amide bonds. The number of hydrazine groups is 1. The number of thioether (sulfide) groups is 1. The molecule has 1 saturated heterocycles. The fraction of sp³-hybridized carbons (Fsp3) is 0.333. The summed E-state index contributed by atoms with van der Waals surface area (Å²) in [6.45, 7) is 1.05. The molecule has 2 aliphatic heterocycles. The molecule has 0 bridgehead atoms. The summed E-state index contributed by atoms with van der Waals surface area (Å²) >= 11 is 1.85. The molecule has 2 heterocycles. The van der Waals surface area contributed by atoms with Crippen molar-refractivity contribution in [2.45, 2.75) is 0 Å². The van der Waals surface area contributed by atoms with Gasteiger partial charge in [-0.3, -0.25) is 5.32 Å². The van der Waals surface area contributed by atoms with Gasteiger partial charge in [0.05, 0.1) is 4.32 Å². The topological polar surface area (TPSA) is 62.4 Å². The SMILES string of the molecule is NNC1=NC=CS1=C1NCCS1. The summed E-state index contributed by atoms with van der Waals surface area (Å²) in [7, 11) is -0.0386. The molecule has 0 aromatic carbocycles. The lowest BCUT2D eigenvalue weighted by Crippen LogP contribution is -2.29. The number of nitrogens with zero attached hydrogens (tertiary/aromatic N) is 1. The van der Waals surface area contributed by atoms with E-state index < -0.39 is 0 Å². The van der Waals surface area contributed by atoms with Crippen LogP contribution in [0, 0.1) is 0 Å². The molecular weight excluding hydrogens is 192 g/mol. The predicted octanol–water partition coefficient (Wildman–Crippen LogP) is -0.0168. The molecule has 1 atom stereocenters. The van der Waals surface area contributed by atoms with Crippen LogP contribution in [0.3, 0.4) is 0 Å². The molecule has 0 spiro atoms. The first-order valence-corrected chi connectivity index (χ1v) is 5.87. The molecule has 0 aromatic heterocycles. The van der Waals surface area contributed by atoms with E-state index >= 15 is 0 Å². The van der Waals surface area contributed by atoms with E-state index in [-0.39, 0.29) is 10.5 Å². The van der Waals surface area contributed by atoms with E-state index in [0.717, 1.165) is 17.5 Å². The van der Waals surface area contributed by atoms with Crippen LogP contribution >= 0.6 is 22.2 Å². The summed E-state index contributed by atoms with van der Waals surface area (Å²) in [6.07, 6.45) is 1.80. The highest BCUT2D eigenvalue weighted by atomic mass is 32.2. The smallest absolute Gasteiger partial charge is 0.175 e. The highest BCUT2D eigenvalue weighted by molar-refractivity contribution is 8.42. The van der Waals surface area contributed by atoms with Crippen LogP contribution in [0.1, 0.15) is 0 Å². The van der Waals surface area contributed by atoms with Crippen LogP contribution in [0.2, 0.25) is 0 Å². The molecule has 2 aliphatic rings. The quantitative estimate of drug-likeness (QED) is 0.293. The van der Waals surface area contributed by atoms with Crippen molar-refractivity contribution in [3.8, 4) is 0 Å². The number of hydrogen-bond donors (Lipinski definition) is 3. The molecular formula is C6H10N4S2. The second-order valence-electron chi connectivity index (χ2n) is 2.26. The van der Waals surface area contributed by atoms with Crippen LogP contribution in [0.25, 0.3) is 0 Å². The van der Waals surface area contributed by atoms with Gasteiger partial charge in [-0.25, -0.2) is 10.8 Å². The third-order valence-corrected chi connectivity index (χ3v) is 4.81. The lowest BCUT2D eigenvalue weighted by molar-refractivity contribution is 1.03. The predicted molar refractivity (Wildman–Crippen MR) is 57.0 cm³/mol. The minimum atomic E-state index is -0.0386. The van der Waals surface area contributed by atoms with Crippen molar-refractivity contribution in [1.29, 1.82) is 0 Å². The Bertz CT molecular complexity index is 273. The Kier molecular flexibility index (Phi) is 2.50. The van der Waals surface area contributed by atoms with E-state index in [1.807, 2.05) is 11.8 Å². The van der Waals surface area contributed by atoms with Crippen molar-refractivity contribution in [3.63, 3.8) is 0 Å². The first-order chi connectivity index (χ1) is 5.92. The number of hydrogen-bond acceptors (Lipinski definition) is 4. The number of rotatable bonds is 0. The molecule has 1 fully saturated rings. The average Bonchev–Trinajstić information content (AvgIpc) is 2.74. The molecule has 66 valence electrons. The third kappa shape index (κ3) is 1.42. The Labute approximate surface area is 77.6 Å². The molecule has 4 N–H and O–H groups in total. The summed E-state index contributed by atoms with van der Waals surface area (Å²) in [4.78, 5) is 4.12. The van der Waals surface area contributed by atoms with Crippen LogP contribution in [-0.4, -0.2) is 21.8 Å². The number of amidine groups is 1. The van der Waals surface area contributed by atoms with Gasteiger partial charge in [0, 0.05) is 18.5 Å². The van der Waals surface area contributed by atoms with Gasteiger partial charge in [-0.2, -0.15) is 0 Å². The van der Waals surface area contributed by atoms with Gasteiger partial charge in [0.15, 0.2) is 5.17 Å². The van der Waals surface area contributed by atoms with E-state index in [0.29, 0.717) is 0 Å². The molecule has 4 nitrogen and oxygen atoms in total. The number of aliphatic imine (C=N–C) groups is 1. The van der Waals surface area contributed by atoms with Crippen LogP contribution < -0.4 is 16.6 Å². The van der Waals surface area contributed by atoms with E-state index in [2.05, 4.69) is 21.1 Å². The van der Waals surface area contributed by atoms with E-state index in [1.165, 1.54) is 4.32 Å². The van der Waals surface area contributed by atoms with Crippen molar-refractivity contribution < 1.29 is 0 Å². The molecule has 0 saturated carbocycles. The monoisotopic (exact) mass is 202 g/mol. The highest BCUT2D eigenvalue weighted by Crippen LogP contribution is 2.28. The zero-order valence-electron chi connectivity index (χ0n) is 6.41. The standard InChI is InChI=1S/C6H10N4S2/c7-10-5-8-2-4-12(5)6-9-1-3-11-6/h2,4,9H,1,3,7H2,(H,8,10). The Morgan fingerprint density at radius 3 is 3.33 bits per heavy atom. The van der Waals surface area contributed by atoms with Gasteiger partial charge in [-0.05, 0) is 5.41 Å². The molecule has 1 unspecified atom stereocenters. The van der Waals surface area contributed by atoms with Crippen molar-refractivity contribution in [2.24, 2.45) is 10.8 Å². The second kappa shape index (κ2) is 3.61. The van der Waals surface area contributed by atoms with Gasteiger partial charge in [0.2, 0.25) is 0 Å². The van der Waals surface area contributed by atoms with Gasteiger partial charge in [0.1, 0.15) is 0 Å². The average molecular weight is 202 g/mol. The van der Waals surface area contributed by atoms with Gasteiger partial charge in [-0.1, -0.05) is 10.5 Å². The number of nitrogens with two attached hydrogens (primary N) is 1. The third-order valence-electron chi connectivity index (χ3n) is 1.52. The summed E-state index contributed by atoms with van der Waals surface area (Å²) in [5.41, 5.74) is 2.62. The van der Waals surface area contributed by atoms with Crippen molar-refractivity contribution in [3.05, 3.63) is 11.6 Å². The fourth-order valence-corrected chi connectivity index (χ4v) is 3.94. The lowest BCUT2D eigenvalue weighted by atomic mass is 10.8. The largest absolute Gasteiger partial charge is 0.303 e. The molecule has 6 heteroatoms.